The van der Waals surface area contributed by atoms with E-state index in [4.69, 9.17) is 24.0 Å². The van der Waals surface area contributed by atoms with Crippen molar-refractivity contribution in [3.63, 3.8) is 0 Å². The van der Waals surface area contributed by atoms with Gasteiger partial charge in [-0.3, -0.25) is 0 Å². The lowest BCUT2D eigenvalue weighted by atomic mass is 9.70. The topological polar surface area (TPSA) is 78.3 Å². The molecule has 9 heteroatoms. The zero-order chi connectivity index (χ0) is 28.5. The first-order chi connectivity index (χ1) is 18.6. The Bertz CT molecular complexity index is 859. The van der Waals surface area contributed by atoms with E-state index < -0.39 is 5.60 Å². The summed E-state index contributed by atoms with van der Waals surface area (Å²) < 4.78 is 25.5. The zero-order valence-corrected chi connectivity index (χ0v) is 25.7. The highest BCUT2D eigenvalue weighted by atomic mass is 16.6. The number of hydrogen-bond donors (Lipinski definition) is 0. The number of carbonyl (C=O) groups is 1. The van der Waals surface area contributed by atoms with Crippen LogP contribution < -0.4 is 0 Å². The number of likely N-dealkylation sites (N-methyl/N-ethyl adjacent to an activating group) is 2. The molecule has 2 aliphatic rings. The number of aromatic nitrogens is 2. The van der Waals surface area contributed by atoms with E-state index in [0.29, 0.717) is 12.5 Å². The molecule has 0 bridgehead atoms. The van der Waals surface area contributed by atoms with E-state index in [1.165, 1.54) is 17.7 Å². The minimum absolute atomic E-state index is 0.0217. The molecule has 1 atom stereocenters. The molecule has 2 fully saturated rings. The van der Waals surface area contributed by atoms with Crippen molar-refractivity contribution in [1.82, 2.24) is 19.6 Å². The van der Waals surface area contributed by atoms with Crippen molar-refractivity contribution in [3.8, 4) is 0 Å². The largest absolute Gasteiger partial charge is 0.444 e. The van der Waals surface area contributed by atoms with Crippen LogP contribution in [0.3, 0.4) is 0 Å². The van der Waals surface area contributed by atoms with Crippen LogP contribution in [-0.4, -0.2) is 91.5 Å². The normalized spacial score (nSPS) is 20.4. The molecular weight excluding hydrogens is 496 g/mol. The third-order valence-corrected chi connectivity index (χ3v) is 7.91. The highest BCUT2D eigenvalue weighted by molar-refractivity contribution is 5.67. The van der Waals surface area contributed by atoms with Crippen LogP contribution in [0.1, 0.15) is 103 Å². The number of amides is 1. The highest BCUT2D eigenvalue weighted by Gasteiger charge is 2.38. The Morgan fingerprint density at radius 1 is 1.08 bits per heavy atom. The molecule has 9 nitrogen and oxygen atoms in total. The van der Waals surface area contributed by atoms with Crippen molar-refractivity contribution in [3.05, 3.63) is 17.5 Å². The maximum atomic E-state index is 12.4. The summed E-state index contributed by atoms with van der Waals surface area (Å²) >= 11 is 0. The molecule has 224 valence electrons. The maximum absolute atomic E-state index is 12.4. The van der Waals surface area contributed by atoms with Gasteiger partial charge in [0.15, 0.2) is 0 Å². The molecule has 1 aliphatic carbocycles. The second-order valence-corrected chi connectivity index (χ2v) is 12.5. The minimum Gasteiger partial charge on any atom is -0.444 e. The summed E-state index contributed by atoms with van der Waals surface area (Å²) in [6.07, 6.45) is 9.58. The first kappa shape index (κ1) is 31.8. The van der Waals surface area contributed by atoms with Gasteiger partial charge in [0.2, 0.25) is 0 Å². The van der Waals surface area contributed by atoms with Gasteiger partial charge in [-0.1, -0.05) is 0 Å². The number of rotatable bonds is 13. The summed E-state index contributed by atoms with van der Waals surface area (Å²) in [5.41, 5.74) is 2.07. The van der Waals surface area contributed by atoms with Crippen LogP contribution in [0.25, 0.3) is 0 Å². The van der Waals surface area contributed by atoms with E-state index in [2.05, 4.69) is 36.7 Å². The average Bonchev–Trinajstić information content (AvgIpc) is 3.33. The van der Waals surface area contributed by atoms with Gasteiger partial charge in [-0.05, 0) is 86.6 Å². The fourth-order valence-electron chi connectivity index (χ4n) is 5.58. The van der Waals surface area contributed by atoms with Crippen molar-refractivity contribution in [1.29, 1.82) is 0 Å². The van der Waals surface area contributed by atoms with E-state index in [0.717, 1.165) is 84.6 Å². The SMILES string of the molecule is CCOCC1(COCC)CCC(c2nn(C3CCCCO3)cc2CN(C)CCN(C)C(=O)OC(C)(C)C)CC1. The van der Waals surface area contributed by atoms with Crippen LogP contribution in [0, 0.1) is 5.41 Å². The molecule has 0 radical (unpaired) electrons. The standard InChI is InChI=1S/C30H54N4O5/c1-8-36-22-30(23-37-9-2)15-13-24(14-16-30)27-25(21-34(31-27)26-12-10-11-19-38-26)20-32(6)17-18-33(7)28(35)39-29(3,4)5/h21,24,26H,8-20,22-23H2,1-7H3. The van der Waals surface area contributed by atoms with Crippen LogP contribution in [0.2, 0.25) is 0 Å². The van der Waals surface area contributed by atoms with Crippen LogP contribution in [-0.2, 0) is 25.5 Å². The van der Waals surface area contributed by atoms with Crippen LogP contribution in [0.15, 0.2) is 6.20 Å². The minimum atomic E-state index is -0.495. The third-order valence-electron chi connectivity index (χ3n) is 7.91. The van der Waals surface area contributed by atoms with Crippen LogP contribution >= 0.6 is 0 Å². The van der Waals surface area contributed by atoms with E-state index in [-0.39, 0.29) is 17.7 Å². The molecule has 0 aromatic carbocycles. The Hall–Kier alpha value is -1.68. The summed E-state index contributed by atoms with van der Waals surface area (Å²) in [4.78, 5) is 16.3. The maximum Gasteiger partial charge on any atom is 0.410 e. The number of carbonyl (C=O) groups excluding carboxylic acids is 1. The number of nitrogens with zero attached hydrogens (tertiary/aromatic N) is 4. The smallest absolute Gasteiger partial charge is 0.410 e. The van der Waals surface area contributed by atoms with Gasteiger partial charge in [0, 0.05) is 69.6 Å². The van der Waals surface area contributed by atoms with Gasteiger partial charge in [-0.2, -0.15) is 5.10 Å². The van der Waals surface area contributed by atoms with Gasteiger partial charge in [-0.25, -0.2) is 9.48 Å². The van der Waals surface area contributed by atoms with E-state index in [9.17, 15) is 4.79 Å². The molecule has 1 amide bonds. The lowest BCUT2D eigenvalue weighted by Gasteiger charge is -2.39. The Morgan fingerprint density at radius 3 is 2.31 bits per heavy atom. The second kappa shape index (κ2) is 14.8. The van der Waals surface area contributed by atoms with Gasteiger partial charge in [0.1, 0.15) is 11.8 Å². The van der Waals surface area contributed by atoms with Crippen molar-refractivity contribution >= 4 is 6.09 Å². The zero-order valence-electron chi connectivity index (χ0n) is 25.7. The molecule has 2 heterocycles. The molecule has 1 aliphatic heterocycles. The third kappa shape index (κ3) is 9.73. The van der Waals surface area contributed by atoms with Gasteiger partial charge in [0.05, 0.1) is 18.9 Å². The fourth-order valence-corrected chi connectivity index (χ4v) is 5.58. The monoisotopic (exact) mass is 550 g/mol. The number of hydrogen-bond acceptors (Lipinski definition) is 7. The van der Waals surface area contributed by atoms with Gasteiger partial charge >= 0.3 is 6.09 Å². The van der Waals surface area contributed by atoms with Crippen molar-refractivity contribution in [2.45, 2.75) is 104 Å². The molecule has 1 aromatic rings. The molecule has 3 rings (SSSR count). The summed E-state index contributed by atoms with van der Waals surface area (Å²) in [5.74, 6) is 0.416. The first-order valence-corrected chi connectivity index (χ1v) is 15.0. The van der Waals surface area contributed by atoms with E-state index >= 15 is 0 Å². The Morgan fingerprint density at radius 2 is 1.74 bits per heavy atom. The Kier molecular flexibility index (Phi) is 12.1. The first-order valence-electron chi connectivity index (χ1n) is 15.0. The number of ether oxygens (including phenoxy) is 4. The average molecular weight is 551 g/mol. The summed E-state index contributed by atoms with van der Waals surface area (Å²) in [7, 11) is 3.90. The van der Waals surface area contributed by atoms with Crippen molar-refractivity contribution in [2.75, 3.05) is 60.2 Å². The van der Waals surface area contributed by atoms with Crippen LogP contribution in [0.4, 0.5) is 4.79 Å². The second-order valence-electron chi connectivity index (χ2n) is 12.5. The highest BCUT2D eigenvalue weighted by Crippen LogP contribution is 2.44. The lowest BCUT2D eigenvalue weighted by molar-refractivity contribution is -0.0421. The molecule has 0 N–H and O–H groups in total. The Balaban J connectivity index is 1.69. The van der Waals surface area contributed by atoms with E-state index in [1.807, 2.05) is 20.8 Å². The van der Waals surface area contributed by atoms with Gasteiger partial charge in [0.25, 0.3) is 0 Å². The van der Waals surface area contributed by atoms with Gasteiger partial charge in [-0.15, -0.1) is 0 Å². The predicted octanol–water partition coefficient (Wildman–Crippen LogP) is 5.60. The van der Waals surface area contributed by atoms with Crippen LogP contribution in [0.5, 0.6) is 0 Å². The fraction of sp³-hybridized carbons (Fsp3) is 0.867. The van der Waals surface area contributed by atoms with Crippen molar-refractivity contribution in [2.24, 2.45) is 5.41 Å². The summed E-state index contributed by atoms with van der Waals surface area (Å²) in [5, 5.41) is 5.16. The predicted molar refractivity (Wildman–Crippen MR) is 153 cm³/mol. The molecule has 0 spiro atoms. The summed E-state index contributed by atoms with van der Waals surface area (Å²) in [6.45, 7) is 15.7. The lowest BCUT2D eigenvalue weighted by Crippen LogP contribution is -2.38. The van der Waals surface area contributed by atoms with Crippen molar-refractivity contribution < 1.29 is 23.7 Å². The molecule has 1 saturated heterocycles. The quantitative estimate of drug-likeness (QED) is 0.316. The van der Waals surface area contributed by atoms with Gasteiger partial charge < -0.3 is 28.7 Å². The molecule has 39 heavy (non-hydrogen) atoms. The van der Waals surface area contributed by atoms with E-state index in [1.54, 1.807) is 11.9 Å². The molecular formula is C30H54N4O5. The summed E-state index contributed by atoms with van der Waals surface area (Å²) in [6, 6.07) is 0. The molecule has 1 unspecified atom stereocenters. The molecule has 1 saturated carbocycles. The molecule has 1 aromatic heterocycles. The Labute approximate surface area is 236 Å².